The van der Waals surface area contributed by atoms with Gasteiger partial charge in [0.05, 0.1) is 23.1 Å². The third-order valence-electron chi connectivity index (χ3n) is 7.96. The third kappa shape index (κ3) is 3.41. The van der Waals surface area contributed by atoms with Crippen molar-refractivity contribution in [3.63, 3.8) is 0 Å². The van der Waals surface area contributed by atoms with Crippen LogP contribution in [0.5, 0.6) is 0 Å². The van der Waals surface area contributed by atoms with Crippen molar-refractivity contribution in [2.75, 3.05) is 0 Å². The second-order valence-corrected chi connectivity index (χ2v) is 10.5. The lowest BCUT2D eigenvalue weighted by molar-refractivity contribution is 0.0386. The molecule has 1 saturated carbocycles. The average molecular weight is 507 g/mol. The van der Waals surface area contributed by atoms with Crippen molar-refractivity contribution in [3.05, 3.63) is 70.1 Å². The molecule has 2 aliphatic heterocycles. The molecule has 1 aliphatic carbocycles. The average Bonchev–Trinajstić information content (AvgIpc) is 3.56. The Morgan fingerprint density at radius 1 is 1.00 bits per heavy atom. The first-order valence-electron chi connectivity index (χ1n) is 12.7. The highest BCUT2D eigenvalue weighted by atomic mass is 19.2. The molecular formula is C27H25F3N6O. The number of piperidine rings is 1. The topological polar surface area (TPSA) is 68.3 Å². The summed E-state index contributed by atoms with van der Waals surface area (Å²) in [5, 5.41) is 9.29. The summed E-state index contributed by atoms with van der Waals surface area (Å²) < 4.78 is 45.2. The van der Waals surface area contributed by atoms with Crippen molar-refractivity contribution in [2.45, 2.75) is 63.5 Å². The van der Waals surface area contributed by atoms with E-state index in [9.17, 15) is 18.0 Å². The molecule has 2 fully saturated rings. The van der Waals surface area contributed by atoms with Gasteiger partial charge < -0.3 is 4.90 Å². The van der Waals surface area contributed by atoms with Crippen LogP contribution in [0, 0.1) is 24.4 Å². The number of carbonyl (C=O) groups excluding carboxylic acids is 1. The minimum absolute atomic E-state index is 0.0918. The van der Waals surface area contributed by atoms with E-state index in [1.807, 2.05) is 28.5 Å². The van der Waals surface area contributed by atoms with Crippen LogP contribution in [-0.4, -0.2) is 41.2 Å². The van der Waals surface area contributed by atoms with Crippen LogP contribution in [0.15, 0.2) is 24.3 Å². The summed E-state index contributed by atoms with van der Waals surface area (Å²) in [4.78, 5) is 20.6. The van der Waals surface area contributed by atoms with Gasteiger partial charge in [-0.2, -0.15) is 10.2 Å². The van der Waals surface area contributed by atoms with E-state index in [0.29, 0.717) is 29.4 Å². The van der Waals surface area contributed by atoms with Gasteiger partial charge in [-0.05, 0) is 63.6 Å². The molecule has 3 aromatic heterocycles. The minimum Gasteiger partial charge on any atom is -0.325 e. The molecule has 1 saturated heterocycles. The fraction of sp³-hybridized carbons (Fsp3) is 0.407. The lowest BCUT2D eigenvalue weighted by atomic mass is 9.81. The number of hydrogen-bond acceptors (Lipinski definition) is 4. The largest absolute Gasteiger partial charge is 0.325 e. The van der Waals surface area contributed by atoms with Crippen molar-refractivity contribution in [1.29, 1.82) is 0 Å². The van der Waals surface area contributed by atoms with Crippen LogP contribution in [-0.2, 0) is 13.5 Å². The molecule has 0 N–H and O–H groups in total. The van der Waals surface area contributed by atoms with E-state index >= 15 is 0 Å². The van der Waals surface area contributed by atoms with Crippen molar-refractivity contribution in [2.24, 2.45) is 7.05 Å². The first kappa shape index (κ1) is 22.5. The maximum Gasteiger partial charge on any atom is 0.273 e. The summed E-state index contributed by atoms with van der Waals surface area (Å²) in [7, 11) is 1.71. The normalized spacial score (nSPS) is 20.9. The zero-order valence-corrected chi connectivity index (χ0v) is 20.5. The summed E-state index contributed by atoms with van der Waals surface area (Å²) in [5.74, 6) is -3.70. The van der Waals surface area contributed by atoms with Crippen molar-refractivity contribution in [1.82, 2.24) is 29.3 Å². The highest BCUT2D eigenvalue weighted by molar-refractivity contribution is 5.94. The monoisotopic (exact) mass is 506 g/mol. The lowest BCUT2D eigenvalue weighted by Gasteiger charge is -2.45. The number of rotatable bonds is 3. The fourth-order valence-corrected chi connectivity index (χ4v) is 6.23. The predicted octanol–water partition coefficient (Wildman–Crippen LogP) is 5.03. The van der Waals surface area contributed by atoms with E-state index < -0.39 is 17.5 Å². The van der Waals surface area contributed by atoms with E-state index in [1.165, 1.54) is 0 Å². The molecular weight excluding hydrogens is 481 g/mol. The van der Waals surface area contributed by atoms with Gasteiger partial charge in [0.1, 0.15) is 5.69 Å². The Bertz CT molecular complexity index is 1580. The molecule has 2 atom stereocenters. The quantitative estimate of drug-likeness (QED) is 0.366. The number of aryl methyl sites for hydroxylation is 2. The molecule has 0 spiro atoms. The number of nitrogens with zero attached hydrogens (tertiary/aromatic N) is 6. The summed E-state index contributed by atoms with van der Waals surface area (Å²) in [6.07, 6.45) is 5.15. The Hall–Kier alpha value is -3.69. The Morgan fingerprint density at radius 3 is 2.49 bits per heavy atom. The Kier molecular flexibility index (Phi) is 4.81. The van der Waals surface area contributed by atoms with Gasteiger partial charge in [0.15, 0.2) is 23.1 Å². The first-order valence-corrected chi connectivity index (χ1v) is 12.7. The fourth-order valence-electron chi connectivity index (χ4n) is 6.23. The number of benzene rings is 1. The number of carbonyl (C=O) groups is 1. The smallest absolute Gasteiger partial charge is 0.273 e. The van der Waals surface area contributed by atoms with E-state index in [1.54, 1.807) is 11.7 Å². The SMILES string of the molecule is Cc1cc2nc(C(=O)N3C4CCCC3c3nn(C)c(-c5cc(F)c(F)c(F)c5)c3C4)cc(C3CC3)n2n1. The van der Waals surface area contributed by atoms with Crippen molar-refractivity contribution in [3.8, 4) is 11.3 Å². The van der Waals surface area contributed by atoms with Gasteiger partial charge in [-0.1, -0.05) is 0 Å². The molecule has 3 aliphatic rings. The highest BCUT2D eigenvalue weighted by Crippen LogP contribution is 2.46. The minimum atomic E-state index is -1.49. The number of aromatic nitrogens is 5. The van der Waals surface area contributed by atoms with Crippen molar-refractivity contribution < 1.29 is 18.0 Å². The molecule has 190 valence electrons. The zero-order chi connectivity index (χ0) is 25.6. The van der Waals surface area contributed by atoms with Crippen LogP contribution < -0.4 is 0 Å². The lowest BCUT2D eigenvalue weighted by Crippen LogP contribution is -2.50. The number of hydrogen-bond donors (Lipinski definition) is 0. The predicted molar refractivity (Wildman–Crippen MR) is 128 cm³/mol. The van der Waals surface area contributed by atoms with E-state index in [2.05, 4.69) is 10.1 Å². The maximum atomic E-state index is 14.1. The third-order valence-corrected chi connectivity index (χ3v) is 7.96. The molecule has 2 unspecified atom stereocenters. The van der Waals surface area contributed by atoms with Gasteiger partial charge >= 0.3 is 0 Å². The standard InChI is InChI=1S/C27H25F3N6O/c1-13-8-23-31-20(12-22(14-6-7-14)36(23)32-13)27(37)35-16-4-3-5-21(35)25-17(11-16)26(34(2)33-25)15-9-18(28)24(30)19(29)10-15/h8-10,12,14,16,21H,3-7,11H2,1-2H3. The Balaban J connectivity index is 1.31. The molecule has 4 aromatic rings. The summed E-state index contributed by atoms with van der Waals surface area (Å²) in [6, 6.07) is 5.44. The maximum absolute atomic E-state index is 14.1. The van der Waals surface area contributed by atoms with Crippen molar-refractivity contribution >= 4 is 11.6 Å². The Morgan fingerprint density at radius 2 is 1.76 bits per heavy atom. The van der Waals surface area contributed by atoms with Crippen LogP contribution in [0.2, 0.25) is 0 Å². The highest BCUT2D eigenvalue weighted by Gasteiger charge is 2.44. The van der Waals surface area contributed by atoms with Gasteiger partial charge in [-0.25, -0.2) is 22.7 Å². The molecule has 1 amide bonds. The van der Waals surface area contributed by atoms with Crippen LogP contribution >= 0.6 is 0 Å². The van der Waals surface area contributed by atoms with Gasteiger partial charge in [0, 0.05) is 41.9 Å². The number of fused-ring (bicyclic) bond motifs is 5. The summed E-state index contributed by atoms with van der Waals surface area (Å²) in [5.41, 5.74) is 5.35. The zero-order valence-electron chi connectivity index (χ0n) is 20.5. The first-order chi connectivity index (χ1) is 17.8. The number of amides is 1. The number of halogens is 3. The molecule has 1 aromatic carbocycles. The molecule has 2 bridgehead atoms. The molecule has 10 heteroatoms. The van der Waals surface area contributed by atoms with Gasteiger partial charge in [-0.15, -0.1) is 0 Å². The summed E-state index contributed by atoms with van der Waals surface area (Å²) in [6.45, 7) is 1.92. The second kappa shape index (κ2) is 7.90. The molecule has 37 heavy (non-hydrogen) atoms. The molecule has 5 heterocycles. The van der Waals surface area contributed by atoms with Crippen LogP contribution in [0.1, 0.15) is 77.2 Å². The Labute approximate surface area is 210 Å². The van der Waals surface area contributed by atoms with Crippen LogP contribution in [0.25, 0.3) is 16.9 Å². The van der Waals surface area contributed by atoms with E-state index in [4.69, 9.17) is 5.10 Å². The van der Waals surface area contributed by atoms with Crippen LogP contribution in [0.4, 0.5) is 13.2 Å². The second-order valence-electron chi connectivity index (χ2n) is 10.5. The molecule has 7 nitrogen and oxygen atoms in total. The molecule has 0 radical (unpaired) electrons. The van der Waals surface area contributed by atoms with Crippen LogP contribution in [0.3, 0.4) is 0 Å². The van der Waals surface area contributed by atoms with Gasteiger partial charge in [0.2, 0.25) is 0 Å². The summed E-state index contributed by atoms with van der Waals surface area (Å²) >= 11 is 0. The molecule has 7 rings (SSSR count). The van der Waals surface area contributed by atoms with E-state index in [0.717, 1.165) is 66.9 Å². The van der Waals surface area contributed by atoms with Gasteiger partial charge in [0.25, 0.3) is 5.91 Å². The van der Waals surface area contributed by atoms with Gasteiger partial charge in [-0.3, -0.25) is 9.48 Å². The van der Waals surface area contributed by atoms with E-state index in [-0.39, 0.29) is 23.6 Å².